The zero-order chi connectivity index (χ0) is 20.8. The molecule has 7 nitrogen and oxygen atoms in total. The first-order valence-electron chi connectivity index (χ1n) is 10.9. The topological polar surface area (TPSA) is 71.7 Å². The molecule has 0 saturated carbocycles. The molecule has 0 radical (unpaired) electrons. The number of carbonyl (C=O) groups is 1. The van der Waals surface area contributed by atoms with Crippen molar-refractivity contribution < 1.29 is 13.9 Å². The van der Waals surface area contributed by atoms with E-state index in [4.69, 9.17) is 9.15 Å². The average Bonchev–Trinajstić information content (AvgIpc) is 3.55. The molecule has 1 aromatic carbocycles. The van der Waals surface area contributed by atoms with Crippen LogP contribution in [-0.4, -0.2) is 45.7 Å². The number of hydrogen-bond acceptors (Lipinski definition) is 6. The molecule has 3 saturated heterocycles. The second-order valence-corrected chi connectivity index (χ2v) is 8.51. The van der Waals surface area contributed by atoms with Crippen LogP contribution in [0.1, 0.15) is 37.3 Å². The van der Waals surface area contributed by atoms with E-state index in [9.17, 15) is 4.79 Å². The number of hydrogen-bond donors (Lipinski definition) is 0. The van der Waals surface area contributed by atoms with Crippen LogP contribution in [-0.2, 0) is 9.53 Å². The summed E-state index contributed by atoms with van der Waals surface area (Å²) < 4.78 is 11.8. The third-order valence-electron chi connectivity index (χ3n) is 6.83. The third kappa shape index (κ3) is 3.03. The van der Waals surface area contributed by atoms with E-state index in [0.717, 1.165) is 37.3 Å². The van der Waals surface area contributed by atoms with Crippen LogP contribution < -0.4 is 4.90 Å². The molecule has 31 heavy (non-hydrogen) atoms. The monoisotopic (exact) mass is 416 g/mol. The van der Waals surface area contributed by atoms with Crippen LogP contribution in [0.15, 0.2) is 65.5 Å². The summed E-state index contributed by atoms with van der Waals surface area (Å²) in [7, 11) is 0. The maximum atomic E-state index is 13.5. The number of pyridine rings is 1. The largest absolute Gasteiger partial charge is 0.444 e. The number of ether oxygens (including phenoxy) is 1. The molecular weight excluding hydrogens is 392 g/mol. The number of oxazole rings is 1. The van der Waals surface area contributed by atoms with Crippen molar-refractivity contribution in [1.82, 2.24) is 14.9 Å². The lowest BCUT2D eigenvalue weighted by Crippen LogP contribution is -2.50. The highest BCUT2D eigenvalue weighted by atomic mass is 16.6. The number of rotatable bonds is 3. The predicted molar refractivity (Wildman–Crippen MR) is 114 cm³/mol. The molecular formula is C24H24N4O3. The molecule has 6 rings (SSSR count). The average molecular weight is 416 g/mol. The number of fused-ring (bicyclic) bond motifs is 1. The van der Waals surface area contributed by atoms with Gasteiger partial charge in [-0.3, -0.25) is 4.79 Å². The summed E-state index contributed by atoms with van der Waals surface area (Å²) in [5.41, 5.74) is 1.36. The molecule has 3 fully saturated rings. The van der Waals surface area contributed by atoms with Gasteiger partial charge in [0.1, 0.15) is 18.3 Å². The van der Waals surface area contributed by atoms with Gasteiger partial charge in [-0.2, -0.15) is 0 Å². The molecule has 0 bridgehead atoms. The van der Waals surface area contributed by atoms with Gasteiger partial charge in [0.15, 0.2) is 5.60 Å². The molecule has 0 unspecified atom stereocenters. The van der Waals surface area contributed by atoms with E-state index in [1.54, 1.807) is 18.7 Å². The Morgan fingerprint density at radius 2 is 1.84 bits per heavy atom. The van der Waals surface area contributed by atoms with Gasteiger partial charge in [-0.05, 0) is 30.5 Å². The van der Waals surface area contributed by atoms with Crippen molar-refractivity contribution in [2.45, 2.75) is 43.6 Å². The number of anilines is 1. The Hall–Kier alpha value is -3.19. The number of benzene rings is 1. The summed E-state index contributed by atoms with van der Waals surface area (Å²) in [4.78, 5) is 26.5. The minimum Gasteiger partial charge on any atom is -0.444 e. The Labute approximate surface area is 180 Å². The lowest BCUT2D eigenvalue weighted by atomic mass is 9.89. The Bertz CT molecular complexity index is 1060. The summed E-state index contributed by atoms with van der Waals surface area (Å²) in [5, 5.41) is 0. The van der Waals surface area contributed by atoms with Gasteiger partial charge in [-0.1, -0.05) is 30.3 Å². The van der Waals surface area contributed by atoms with Crippen molar-refractivity contribution in [2.24, 2.45) is 0 Å². The Balaban J connectivity index is 1.16. The van der Waals surface area contributed by atoms with Gasteiger partial charge in [-0.15, -0.1) is 0 Å². The van der Waals surface area contributed by atoms with Gasteiger partial charge in [-0.25, -0.2) is 9.97 Å². The standard InChI is InChI=1S/C24H24N4O3/c29-23-24(31-21-9-7-19(28(21)23)17-4-2-1-3-5-17)10-13-27(14-11-24)20-8-6-18(16-26-20)22-25-12-15-30-22/h1-6,8,12,15-16,19,21H,7,9-11,13-14H2/t19-,21+/m0/s1. The molecule has 1 spiro atoms. The van der Waals surface area contributed by atoms with Crippen molar-refractivity contribution in [1.29, 1.82) is 0 Å². The Morgan fingerprint density at radius 1 is 1.00 bits per heavy atom. The van der Waals surface area contributed by atoms with Crippen LogP contribution in [0.25, 0.3) is 11.5 Å². The molecule has 0 aliphatic carbocycles. The van der Waals surface area contributed by atoms with E-state index in [0.29, 0.717) is 18.7 Å². The maximum absolute atomic E-state index is 13.5. The molecule has 2 aromatic heterocycles. The first-order valence-corrected chi connectivity index (χ1v) is 10.9. The second-order valence-electron chi connectivity index (χ2n) is 8.51. The van der Waals surface area contributed by atoms with Crippen LogP contribution in [0, 0.1) is 0 Å². The van der Waals surface area contributed by atoms with E-state index < -0.39 is 5.60 Å². The molecule has 1 amide bonds. The number of nitrogens with zero attached hydrogens (tertiary/aromatic N) is 4. The quantitative estimate of drug-likeness (QED) is 0.647. The van der Waals surface area contributed by atoms with Gasteiger partial charge in [0.25, 0.3) is 5.91 Å². The smallest absolute Gasteiger partial charge is 0.257 e. The third-order valence-corrected chi connectivity index (χ3v) is 6.83. The van der Waals surface area contributed by atoms with Gasteiger partial charge in [0.2, 0.25) is 5.89 Å². The van der Waals surface area contributed by atoms with E-state index in [-0.39, 0.29) is 18.2 Å². The zero-order valence-electron chi connectivity index (χ0n) is 17.2. The van der Waals surface area contributed by atoms with Crippen molar-refractivity contribution >= 4 is 11.7 Å². The maximum Gasteiger partial charge on any atom is 0.257 e. The molecule has 5 heterocycles. The van der Waals surface area contributed by atoms with Crippen LogP contribution in [0.4, 0.5) is 5.82 Å². The van der Waals surface area contributed by atoms with Crippen LogP contribution in [0.2, 0.25) is 0 Å². The van der Waals surface area contributed by atoms with E-state index >= 15 is 0 Å². The molecule has 2 atom stereocenters. The molecule has 3 aliphatic rings. The lowest BCUT2D eigenvalue weighted by molar-refractivity contribution is -0.140. The molecule has 158 valence electrons. The van der Waals surface area contributed by atoms with E-state index in [2.05, 4.69) is 27.0 Å². The fourth-order valence-corrected chi connectivity index (χ4v) is 5.21. The highest BCUT2D eigenvalue weighted by Gasteiger charge is 2.57. The SMILES string of the molecule is O=C1N2[C@@H](CC[C@H]2c2ccccc2)OC12CCN(c1ccc(-c3ncco3)cn1)CC2. The summed E-state index contributed by atoms with van der Waals surface area (Å²) in [6.07, 6.45) is 8.10. The summed E-state index contributed by atoms with van der Waals surface area (Å²) in [6, 6.07) is 14.4. The van der Waals surface area contributed by atoms with E-state index in [1.165, 1.54) is 5.56 Å². The molecule has 3 aromatic rings. The van der Waals surface area contributed by atoms with Crippen LogP contribution >= 0.6 is 0 Å². The highest BCUT2D eigenvalue weighted by Crippen LogP contribution is 2.47. The fourth-order valence-electron chi connectivity index (χ4n) is 5.21. The van der Waals surface area contributed by atoms with Gasteiger partial charge < -0.3 is 19.0 Å². The van der Waals surface area contributed by atoms with Gasteiger partial charge >= 0.3 is 0 Å². The second kappa shape index (κ2) is 7.20. The predicted octanol–water partition coefficient (Wildman–Crippen LogP) is 3.80. The first kappa shape index (κ1) is 18.6. The van der Waals surface area contributed by atoms with Gasteiger partial charge in [0.05, 0.1) is 17.8 Å². The van der Waals surface area contributed by atoms with Crippen molar-refractivity contribution in [3.05, 3.63) is 66.7 Å². The van der Waals surface area contributed by atoms with Crippen LogP contribution in [0.5, 0.6) is 0 Å². The van der Waals surface area contributed by atoms with Gasteiger partial charge in [0, 0.05) is 32.1 Å². The van der Waals surface area contributed by atoms with Crippen molar-refractivity contribution in [2.75, 3.05) is 18.0 Å². The first-order chi connectivity index (χ1) is 15.2. The summed E-state index contributed by atoms with van der Waals surface area (Å²) >= 11 is 0. The normalized spacial score (nSPS) is 24.7. The van der Waals surface area contributed by atoms with E-state index in [1.807, 2.05) is 35.2 Å². The van der Waals surface area contributed by atoms with Crippen molar-refractivity contribution in [3.8, 4) is 11.5 Å². The van der Waals surface area contributed by atoms with Crippen LogP contribution in [0.3, 0.4) is 0 Å². The van der Waals surface area contributed by atoms with Crippen molar-refractivity contribution in [3.63, 3.8) is 0 Å². The minimum absolute atomic E-state index is 0.0949. The summed E-state index contributed by atoms with van der Waals surface area (Å²) in [6.45, 7) is 1.49. The number of amides is 1. The number of carbonyl (C=O) groups excluding carboxylic acids is 1. The Morgan fingerprint density at radius 3 is 2.55 bits per heavy atom. The molecule has 0 N–H and O–H groups in total. The molecule has 7 heteroatoms. The highest BCUT2D eigenvalue weighted by molar-refractivity contribution is 5.88. The minimum atomic E-state index is -0.688. The lowest BCUT2D eigenvalue weighted by Gasteiger charge is -2.38. The molecule has 3 aliphatic heterocycles. The number of aromatic nitrogens is 2. The number of piperidine rings is 1. The zero-order valence-corrected chi connectivity index (χ0v) is 17.2. The Kier molecular flexibility index (Phi) is 4.31. The summed E-state index contributed by atoms with van der Waals surface area (Å²) in [5.74, 6) is 1.63. The fraction of sp³-hybridized carbons (Fsp3) is 0.375.